The van der Waals surface area contributed by atoms with E-state index in [9.17, 15) is 0 Å². The zero-order valence-electron chi connectivity index (χ0n) is 6.23. The number of hydrogen-bond acceptors (Lipinski definition) is 2. The number of nitrogens with one attached hydrogen (secondary N) is 1. The first kappa shape index (κ1) is 5.77. The largest absolute Gasteiger partial charge is 0.322 e. The number of pyridine rings is 1. The van der Waals surface area contributed by atoms with Crippen LogP contribution < -0.4 is 0 Å². The average Bonchev–Trinajstić information content (AvgIpc) is 2.62. The van der Waals surface area contributed by atoms with E-state index >= 15 is 0 Å². The lowest BCUT2D eigenvalue weighted by molar-refractivity contribution is 1.20. The molecule has 0 aliphatic rings. The molecule has 0 spiro atoms. The average molecular weight is 158 g/mol. The van der Waals surface area contributed by atoms with Crippen LogP contribution in [-0.4, -0.2) is 19.4 Å². The molecule has 0 bridgehead atoms. The molecule has 12 heavy (non-hydrogen) atoms. The molecule has 1 N–H and O–H groups in total. The van der Waals surface area contributed by atoms with E-state index in [1.54, 1.807) is 12.4 Å². The third-order valence-corrected chi connectivity index (χ3v) is 1.90. The Bertz CT molecular complexity index is 533. The van der Waals surface area contributed by atoms with Gasteiger partial charge in [-0.1, -0.05) is 0 Å². The van der Waals surface area contributed by atoms with E-state index in [2.05, 4.69) is 15.0 Å². The molecule has 0 radical (unpaired) electrons. The summed E-state index contributed by atoms with van der Waals surface area (Å²) in [5.41, 5.74) is 1.94. The number of fused-ring (bicyclic) bond motifs is 3. The van der Waals surface area contributed by atoms with Crippen LogP contribution in [-0.2, 0) is 0 Å². The smallest absolute Gasteiger partial charge is 0.213 e. The van der Waals surface area contributed by atoms with Crippen LogP contribution in [0.25, 0.3) is 16.9 Å². The van der Waals surface area contributed by atoms with Gasteiger partial charge in [-0.05, 0) is 12.1 Å². The molecule has 0 saturated carbocycles. The first-order chi connectivity index (χ1) is 5.95. The van der Waals surface area contributed by atoms with Gasteiger partial charge in [-0.2, -0.15) is 0 Å². The van der Waals surface area contributed by atoms with Crippen LogP contribution in [0.1, 0.15) is 0 Å². The highest BCUT2D eigenvalue weighted by Crippen LogP contribution is 2.11. The number of nitrogens with zero attached hydrogens (tertiary/aromatic N) is 3. The van der Waals surface area contributed by atoms with Crippen molar-refractivity contribution >= 4 is 16.9 Å². The fourth-order valence-electron chi connectivity index (χ4n) is 1.37. The van der Waals surface area contributed by atoms with E-state index in [0.29, 0.717) is 0 Å². The van der Waals surface area contributed by atoms with Crippen LogP contribution in [0, 0.1) is 0 Å². The summed E-state index contributed by atoms with van der Waals surface area (Å²) in [7, 11) is 0. The molecule has 4 nitrogen and oxygen atoms in total. The number of hydrogen-bond donors (Lipinski definition) is 1. The SMILES string of the molecule is c1cnc2c(c1)[nH]c1nccn12. The van der Waals surface area contributed by atoms with Gasteiger partial charge in [-0.25, -0.2) is 9.97 Å². The molecule has 0 unspecified atom stereocenters. The van der Waals surface area contributed by atoms with Crippen LogP contribution in [0.15, 0.2) is 30.7 Å². The van der Waals surface area contributed by atoms with Crippen molar-refractivity contribution in [1.82, 2.24) is 19.4 Å². The Morgan fingerprint density at radius 1 is 1.25 bits per heavy atom. The van der Waals surface area contributed by atoms with Crippen LogP contribution in [0.4, 0.5) is 0 Å². The number of aromatic amines is 1. The molecular formula is C8H6N4. The molecule has 0 atom stereocenters. The maximum absolute atomic E-state index is 4.23. The maximum Gasteiger partial charge on any atom is 0.213 e. The summed E-state index contributed by atoms with van der Waals surface area (Å²) < 4.78 is 1.93. The first-order valence-corrected chi connectivity index (χ1v) is 3.71. The predicted molar refractivity (Wildman–Crippen MR) is 44.8 cm³/mol. The van der Waals surface area contributed by atoms with Gasteiger partial charge in [0.2, 0.25) is 5.78 Å². The van der Waals surface area contributed by atoms with E-state index < -0.39 is 0 Å². The van der Waals surface area contributed by atoms with Crippen molar-refractivity contribution in [2.45, 2.75) is 0 Å². The van der Waals surface area contributed by atoms with Gasteiger partial charge in [0.05, 0.1) is 5.52 Å². The second kappa shape index (κ2) is 1.85. The number of imidazole rings is 2. The Kier molecular flexibility index (Phi) is 0.889. The summed E-state index contributed by atoms with van der Waals surface area (Å²) in [5.74, 6) is 0.837. The Morgan fingerprint density at radius 3 is 3.25 bits per heavy atom. The number of rotatable bonds is 0. The minimum absolute atomic E-state index is 0.837. The van der Waals surface area contributed by atoms with Crippen LogP contribution in [0.3, 0.4) is 0 Å². The van der Waals surface area contributed by atoms with Gasteiger partial charge < -0.3 is 4.98 Å². The van der Waals surface area contributed by atoms with Crippen molar-refractivity contribution in [2.24, 2.45) is 0 Å². The molecule has 0 aromatic carbocycles. The number of H-pyrrole nitrogens is 1. The highest BCUT2D eigenvalue weighted by Gasteiger charge is 2.02. The molecule has 3 aromatic rings. The van der Waals surface area contributed by atoms with Crippen molar-refractivity contribution in [2.75, 3.05) is 0 Å². The van der Waals surface area contributed by atoms with Crippen LogP contribution in [0.5, 0.6) is 0 Å². The maximum atomic E-state index is 4.23. The number of aromatic nitrogens is 4. The second-order valence-corrected chi connectivity index (χ2v) is 2.62. The Morgan fingerprint density at radius 2 is 2.25 bits per heavy atom. The van der Waals surface area contributed by atoms with Crippen molar-refractivity contribution in [3.8, 4) is 0 Å². The molecule has 0 aliphatic heterocycles. The summed E-state index contributed by atoms with van der Waals surface area (Å²) in [5, 5.41) is 0. The Balaban J connectivity index is 2.68. The summed E-state index contributed by atoms with van der Waals surface area (Å²) in [6.45, 7) is 0. The van der Waals surface area contributed by atoms with Crippen molar-refractivity contribution in [1.29, 1.82) is 0 Å². The molecule has 0 amide bonds. The fourth-order valence-corrected chi connectivity index (χ4v) is 1.37. The first-order valence-electron chi connectivity index (χ1n) is 3.71. The van der Waals surface area contributed by atoms with E-state index in [-0.39, 0.29) is 0 Å². The van der Waals surface area contributed by atoms with Gasteiger partial charge in [0.15, 0.2) is 5.65 Å². The van der Waals surface area contributed by atoms with Crippen molar-refractivity contribution in [3.05, 3.63) is 30.7 Å². The van der Waals surface area contributed by atoms with Gasteiger partial charge in [0, 0.05) is 18.6 Å². The topological polar surface area (TPSA) is 46.0 Å². The molecule has 4 heteroatoms. The molecule has 3 heterocycles. The van der Waals surface area contributed by atoms with E-state index in [4.69, 9.17) is 0 Å². The van der Waals surface area contributed by atoms with E-state index in [1.165, 1.54) is 0 Å². The normalized spacial score (nSPS) is 11.3. The predicted octanol–water partition coefficient (Wildman–Crippen LogP) is 1.21. The molecule has 58 valence electrons. The van der Waals surface area contributed by atoms with Crippen molar-refractivity contribution in [3.63, 3.8) is 0 Å². The van der Waals surface area contributed by atoms with Gasteiger partial charge >= 0.3 is 0 Å². The summed E-state index contributed by atoms with van der Waals surface area (Å²) in [6.07, 6.45) is 5.41. The molecule has 0 saturated heterocycles. The second-order valence-electron chi connectivity index (χ2n) is 2.62. The summed E-state index contributed by atoms with van der Waals surface area (Å²) >= 11 is 0. The highest BCUT2D eigenvalue weighted by molar-refractivity contribution is 5.75. The van der Waals surface area contributed by atoms with E-state index in [1.807, 2.05) is 22.7 Å². The van der Waals surface area contributed by atoms with Gasteiger partial charge in [-0.3, -0.25) is 4.40 Å². The highest BCUT2D eigenvalue weighted by atomic mass is 15.1. The minimum Gasteiger partial charge on any atom is -0.322 e. The third kappa shape index (κ3) is 0.567. The lowest BCUT2D eigenvalue weighted by atomic mass is 10.4. The zero-order valence-corrected chi connectivity index (χ0v) is 6.23. The Hall–Kier alpha value is -1.84. The molecule has 0 aliphatic carbocycles. The van der Waals surface area contributed by atoms with Crippen molar-refractivity contribution < 1.29 is 0 Å². The Labute approximate surface area is 67.9 Å². The molecule has 3 rings (SSSR count). The van der Waals surface area contributed by atoms with Crippen LogP contribution in [0.2, 0.25) is 0 Å². The van der Waals surface area contributed by atoms with Gasteiger partial charge in [0.25, 0.3) is 0 Å². The van der Waals surface area contributed by atoms with Gasteiger partial charge in [0.1, 0.15) is 0 Å². The third-order valence-electron chi connectivity index (χ3n) is 1.90. The molecule has 0 fully saturated rings. The quantitative estimate of drug-likeness (QED) is 0.534. The monoisotopic (exact) mass is 158 g/mol. The zero-order chi connectivity index (χ0) is 7.97. The fraction of sp³-hybridized carbons (Fsp3) is 0. The summed E-state index contributed by atoms with van der Waals surface area (Å²) in [4.78, 5) is 11.5. The van der Waals surface area contributed by atoms with Gasteiger partial charge in [-0.15, -0.1) is 0 Å². The van der Waals surface area contributed by atoms with E-state index in [0.717, 1.165) is 16.9 Å². The standard InChI is InChI=1S/C8H6N4/c1-2-6-7(9-3-1)12-5-4-10-8(12)11-6/h1-5H,(H,10,11). The molecular weight excluding hydrogens is 152 g/mol. The minimum atomic E-state index is 0.837. The lowest BCUT2D eigenvalue weighted by Crippen LogP contribution is -1.79. The van der Waals surface area contributed by atoms with Crippen LogP contribution >= 0.6 is 0 Å². The lowest BCUT2D eigenvalue weighted by Gasteiger charge is -1.85. The summed E-state index contributed by atoms with van der Waals surface area (Å²) in [6, 6.07) is 3.88. The molecule has 3 aromatic heterocycles.